The van der Waals surface area contributed by atoms with E-state index in [-0.39, 0.29) is 12.2 Å². The van der Waals surface area contributed by atoms with Gasteiger partial charge >= 0.3 is 5.97 Å². The van der Waals surface area contributed by atoms with Crippen molar-refractivity contribution >= 4 is 23.0 Å². The molecule has 6 nitrogen and oxygen atoms in total. The molecule has 0 radical (unpaired) electrons. The van der Waals surface area contributed by atoms with Crippen LogP contribution in [0.4, 0.5) is 5.69 Å². The predicted octanol–water partition coefficient (Wildman–Crippen LogP) is 4.93. The van der Waals surface area contributed by atoms with Crippen LogP contribution in [0.15, 0.2) is 70.7 Å². The highest BCUT2D eigenvalue weighted by molar-refractivity contribution is 7.13. The maximum atomic E-state index is 11.0. The Labute approximate surface area is 164 Å². The van der Waals surface area contributed by atoms with Crippen LogP contribution >= 0.6 is 11.3 Å². The second kappa shape index (κ2) is 7.58. The number of nitrogen functional groups attached to an aromatic ring is 1. The molecule has 4 rings (SSSR count). The lowest BCUT2D eigenvalue weighted by molar-refractivity contribution is 0.0697. The molecule has 0 aliphatic heterocycles. The zero-order valence-electron chi connectivity index (χ0n) is 14.7. The number of ether oxygens (including phenoxy) is 1. The van der Waals surface area contributed by atoms with E-state index in [2.05, 4.69) is 4.98 Å². The Morgan fingerprint density at radius 3 is 2.64 bits per heavy atom. The number of aromatic nitrogens is 1. The van der Waals surface area contributed by atoms with Gasteiger partial charge in [0.05, 0.1) is 11.8 Å². The number of thiophene rings is 1. The first-order chi connectivity index (χ1) is 13.6. The van der Waals surface area contributed by atoms with Gasteiger partial charge in [0.25, 0.3) is 0 Å². The molecule has 3 aromatic heterocycles. The summed E-state index contributed by atoms with van der Waals surface area (Å²) in [6.07, 6.45) is 1.59. The van der Waals surface area contributed by atoms with Crippen LogP contribution in [0.1, 0.15) is 15.9 Å². The Kier molecular flexibility index (Phi) is 4.82. The fourth-order valence-electron chi connectivity index (χ4n) is 2.72. The van der Waals surface area contributed by atoms with Crippen molar-refractivity contribution in [2.75, 3.05) is 5.73 Å². The molecule has 3 heterocycles. The van der Waals surface area contributed by atoms with E-state index in [9.17, 15) is 4.79 Å². The number of carboxylic acids is 1. The lowest BCUT2D eigenvalue weighted by Gasteiger charge is -2.13. The van der Waals surface area contributed by atoms with Gasteiger partial charge in [-0.2, -0.15) is 0 Å². The van der Waals surface area contributed by atoms with Gasteiger partial charge in [-0.25, -0.2) is 9.78 Å². The average molecular weight is 392 g/mol. The van der Waals surface area contributed by atoms with E-state index in [0.29, 0.717) is 23.0 Å². The first-order valence-corrected chi connectivity index (χ1v) is 9.33. The van der Waals surface area contributed by atoms with E-state index in [0.717, 1.165) is 16.0 Å². The Bertz CT molecular complexity index is 1090. The van der Waals surface area contributed by atoms with Crippen molar-refractivity contribution in [2.45, 2.75) is 6.61 Å². The smallest absolute Gasteiger partial charge is 0.335 e. The van der Waals surface area contributed by atoms with Crippen molar-refractivity contribution in [2.24, 2.45) is 0 Å². The number of carbonyl (C=O) groups is 1. The number of rotatable bonds is 6. The minimum absolute atomic E-state index is 0.211. The molecule has 28 heavy (non-hydrogen) atoms. The van der Waals surface area contributed by atoms with Crippen LogP contribution in [-0.4, -0.2) is 16.1 Å². The minimum Gasteiger partial charge on any atom is -0.478 e. The van der Waals surface area contributed by atoms with E-state index in [1.807, 2.05) is 29.6 Å². The number of aromatic carboxylic acids is 1. The van der Waals surface area contributed by atoms with E-state index in [4.69, 9.17) is 20.0 Å². The molecule has 4 aromatic rings. The van der Waals surface area contributed by atoms with E-state index < -0.39 is 5.97 Å². The zero-order chi connectivity index (χ0) is 19.5. The molecular formula is C21H16N2O4S. The number of anilines is 1. The van der Waals surface area contributed by atoms with Gasteiger partial charge in [-0.3, -0.25) is 0 Å². The molecule has 1 aromatic carbocycles. The monoisotopic (exact) mass is 392 g/mol. The number of furan rings is 1. The summed E-state index contributed by atoms with van der Waals surface area (Å²) in [4.78, 5) is 16.5. The molecule has 0 spiro atoms. The standard InChI is InChI=1S/C21H16N2O4S/c22-19-15(18-4-2-10-28-18)11-16(17-3-1-9-26-17)23-20(19)27-12-13-5-7-14(8-6-13)21(24)25/h1-11H,12,22H2,(H,24,25). The summed E-state index contributed by atoms with van der Waals surface area (Å²) in [6.45, 7) is 0.211. The Hall–Kier alpha value is -3.58. The van der Waals surface area contributed by atoms with Gasteiger partial charge in [-0.15, -0.1) is 11.3 Å². The molecule has 7 heteroatoms. The molecule has 0 atom stereocenters. The lowest BCUT2D eigenvalue weighted by atomic mass is 10.1. The maximum Gasteiger partial charge on any atom is 0.335 e. The lowest BCUT2D eigenvalue weighted by Crippen LogP contribution is -2.04. The Balaban J connectivity index is 1.66. The SMILES string of the molecule is Nc1c(-c2cccs2)cc(-c2ccco2)nc1OCc1ccc(C(=O)O)cc1. The van der Waals surface area contributed by atoms with Crippen molar-refractivity contribution < 1.29 is 19.1 Å². The van der Waals surface area contributed by atoms with Gasteiger partial charge in [-0.05, 0) is 47.3 Å². The first kappa shape index (κ1) is 17.8. The summed E-state index contributed by atoms with van der Waals surface area (Å²) in [5, 5.41) is 11.0. The van der Waals surface area contributed by atoms with Gasteiger partial charge in [0.1, 0.15) is 18.0 Å². The van der Waals surface area contributed by atoms with Crippen LogP contribution in [0.2, 0.25) is 0 Å². The van der Waals surface area contributed by atoms with Crippen LogP contribution in [-0.2, 0) is 6.61 Å². The third-order valence-corrected chi connectivity index (χ3v) is 5.06. The second-order valence-electron chi connectivity index (χ2n) is 6.02. The van der Waals surface area contributed by atoms with Crippen molar-refractivity contribution in [1.29, 1.82) is 0 Å². The predicted molar refractivity (Wildman–Crippen MR) is 107 cm³/mol. The number of nitrogens with zero attached hydrogens (tertiary/aromatic N) is 1. The van der Waals surface area contributed by atoms with Gasteiger partial charge in [0.2, 0.25) is 5.88 Å². The molecule has 0 aliphatic rings. The molecule has 0 saturated heterocycles. The first-order valence-electron chi connectivity index (χ1n) is 8.45. The van der Waals surface area contributed by atoms with Crippen LogP contribution < -0.4 is 10.5 Å². The third kappa shape index (κ3) is 3.60. The Morgan fingerprint density at radius 1 is 1.18 bits per heavy atom. The minimum atomic E-state index is -0.967. The number of hydrogen-bond donors (Lipinski definition) is 2. The normalized spacial score (nSPS) is 10.7. The quantitative estimate of drug-likeness (QED) is 0.483. The zero-order valence-corrected chi connectivity index (χ0v) is 15.5. The molecule has 0 amide bonds. The molecule has 3 N–H and O–H groups in total. The summed E-state index contributed by atoms with van der Waals surface area (Å²) in [6, 6.07) is 15.9. The Morgan fingerprint density at radius 2 is 2.00 bits per heavy atom. The number of nitrogens with two attached hydrogens (primary N) is 1. The second-order valence-corrected chi connectivity index (χ2v) is 6.97. The van der Waals surface area contributed by atoms with E-state index >= 15 is 0 Å². The van der Waals surface area contributed by atoms with Crippen molar-refractivity contribution in [3.63, 3.8) is 0 Å². The maximum absolute atomic E-state index is 11.0. The fourth-order valence-corrected chi connectivity index (χ4v) is 3.48. The van der Waals surface area contributed by atoms with Crippen LogP contribution in [0.3, 0.4) is 0 Å². The van der Waals surface area contributed by atoms with Gasteiger partial charge in [-0.1, -0.05) is 18.2 Å². The number of benzene rings is 1. The molecule has 0 saturated carbocycles. The van der Waals surface area contributed by atoms with Gasteiger partial charge in [0.15, 0.2) is 5.76 Å². The van der Waals surface area contributed by atoms with Crippen LogP contribution in [0, 0.1) is 0 Å². The van der Waals surface area contributed by atoms with Crippen LogP contribution in [0.25, 0.3) is 21.9 Å². The van der Waals surface area contributed by atoms with E-state index in [1.54, 1.807) is 35.8 Å². The fraction of sp³-hybridized carbons (Fsp3) is 0.0476. The molecular weight excluding hydrogens is 376 g/mol. The van der Waals surface area contributed by atoms with E-state index in [1.165, 1.54) is 12.1 Å². The van der Waals surface area contributed by atoms with Crippen molar-refractivity contribution in [3.8, 4) is 27.8 Å². The summed E-state index contributed by atoms with van der Waals surface area (Å²) in [7, 11) is 0. The average Bonchev–Trinajstić information content (AvgIpc) is 3.41. The highest BCUT2D eigenvalue weighted by atomic mass is 32.1. The largest absolute Gasteiger partial charge is 0.478 e. The van der Waals surface area contributed by atoms with Gasteiger partial charge in [0, 0.05) is 10.4 Å². The molecule has 0 unspecified atom stereocenters. The number of carboxylic acid groups (broad SMARTS) is 1. The van der Waals surface area contributed by atoms with Crippen LogP contribution in [0.5, 0.6) is 5.88 Å². The molecule has 140 valence electrons. The summed E-state index contributed by atoms with van der Waals surface area (Å²) in [5.74, 6) is -0.0433. The summed E-state index contributed by atoms with van der Waals surface area (Å²) in [5.41, 5.74) is 9.27. The summed E-state index contributed by atoms with van der Waals surface area (Å²) >= 11 is 1.57. The third-order valence-electron chi connectivity index (χ3n) is 4.16. The highest BCUT2D eigenvalue weighted by Crippen LogP contribution is 2.38. The van der Waals surface area contributed by atoms with Gasteiger partial charge < -0.3 is 20.0 Å². The molecule has 0 aliphatic carbocycles. The number of pyridine rings is 1. The molecule has 0 fully saturated rings. The topological polar surface area (TPSA) is 98.6 Å². The van der Waals surface area contributed by atoms with Crippen molar-refractivity contribution in [3.05, 3.63) is 77.4 Å². The highest BCUT2D eigenvalue weighted by Gasteiger charge is 2.16. The van der Waals surface area contributed by atoms with Crippen molar-refractivity contribution in [1.82, 2.24) is 4.98 Å². The molecule has 0 bridgehead atoms. The number of hydrogen-bond acceptors (Lipinski definition) is 6. The summed E-state index contributed by atoms with van der Waals surface area (Å²) < 4.78 is 11.4.